The summed E-state index contributed by atoms with van der Waals surface area (Å²) in [6, 6.07) is 9.98. The van der Waals surface area contributed by atoms with Gasteiger partial charge < -0.3 is 5.11 Å². The van der Waals surface area contributed by atoms with Crippen molar-refractivity contribution in [2.45, 2.75) is 32.3 Å². The van der Waals surface area contributed by atoms with Gasteiger partial charge in [-0.15, -0.1) is 0 Å². The second kappa shape index (κ2) is 6.96. The van der Waals surface area contributed by atoms with Gasteiger partial charge in [0, 0.05) is 6.42 Å². The minimum Gasteiger partial charge on any atom is -0.393 e. The number of rotatable bonds is 6. The molecule has 0 aliphatic carbocycles. The fraction of sp³-hybridized carbons (Fsp3) is 0.357. The average molecular weight is 218 g/mol. The van der Waals surface area contributed by atoms with E-state index in [0.29, 0.717) is 6.42 Å². The molecule has 0 aromatic heterocycles. The topological polar surface area (TPSA) is 37.3 Å². The summed E-state index contributed by atoms with van der Waals surface area (Å²) in [5, 5.41) is 9.65. The van der Waals surface area contributed by atoms with Crippen LogP contribution in [0.15, 0.2) is 42.5 Å². The van der Waals surface area contributed by atoms with Crippen molar-refractivity contribution in [2.24, 2.45) is 0 Å². The molecular weight excluding hydrogens is 200 g/mol. The molecule has 1 rings (SSSR count). The van der Waals surface area contributed by atoms with Crippen molar-refractivity contribution in [1.29, 1.82) is 0 Å². The Kier molecular flexibility index (Phi) is 5.51. The Morgan fingerprint density at radius 3 is 2.69 bits per heavy atom. The maximum Gasteiger partial charge on any atom is 0.157 e. The molecular formula is C14H18O2. The van der Waals surface area contributed by atoms with Gasteiger partial charge in [0.15, 0.2) is 5.78 Å². The number of allylic oxidation sites excluding steroid dienone is 2. The van der Waals surface area contributed by atoms with Gasteiger partial charge in [-0.05, 0) is 31.4 Å². The van der Waals surface area contributed by atoms with Crippen LogP contribution in [0.3, 0.4) is 0 Å². The number of carbonyl (C=O) groups is 1. The molecule has 1 N–H and O–H groups in total. The van der Waals surface area contributed by atoms with Crippen molar-refractivity contribution < 1.29 is 9.90 Å². The zero-order chi connectivity index (χ0) is 11.8. The second-order valence-electron chi connectivity index (χ2n) is 3.85. The third-order valence-corrected chi connectivity index (χ3v) is 2.40. The van der Waals surface area contributed by atoms with Crippen LogP contribution < -0.4 is 0 Å². The van der Waals surface area contributed by atoms with Crippen LogP contribution in [0.2, 0.25) is 0 Å². The van der Waals surface area contributed by atoms with E-state index in [1.165, 1.54) is 11.6 Å². The fourth-order valence-electron chi connectivity index (χ4n) is 1.57. The summed E-state index contributed by atoms with van der Waals surface area (Å²) in [4.78, 5) is 11.2. The number of hydrogen-bond donors (Lipinski definition) is 1. The van der Waals surface area contributed by atoms with E-state index in [1.807, 2.05) is 30.3 Å². The zero-order valence-electron chi connectivity index (χ0n) is 9.60. The van der Waals surface area contributed by atoms with E-state index < -0.39 is 6.10 Å². The second-order valence-corrected chi connectivity index (χ2v) is 3.85. The number of ketones is 1. The first-order valence-corrected chi connectivity index (χ1v) is 5.60. The molecule has 0 aliphatic heterocycles. The molecule has 2 heteroatoms. The standard InChI is InChI=1S/C14H18O2/c1-2-6-13(15)11-14(16)10-9-12-7-4-3-5-8-12/h2-8,14,16H,9-11H2,1H3/b6-2-. The molecule has 0 bridgehead atoms. The van der Waals surface area contributed by atoms with E-state index in [9.17, 15) is 9.90 Å². The summed E-state index contributed by atoms with van der Waals surface area (Å²) in [5.74, 6) is -0.0111. The molecule has 0 heterocycles. The van der Waals surface area contributed by atoms with Crippen molar-refractivity contribution in [3.05, 3.63) is 48.0 Å². The van der Waals surface area contributed by atoms with Gasteiger partial charge in [-0.3, -0.25) is 4.79 Å². The highest BCUT2D eigenvalue weighted by Crippen LogP contribution is 2.07. The predicted octanol–water partition coefficient (Wildman–Crippen LogP) is 2.52. The molecule has 0 aliphatic rings. The van der Waals surface area contributed by atoms with Crippen molar-refractivity contribution in [3.8, 4) is 0 Å². The molecule has 1 aromatic carbocycles. The highest BCUT2D eigenvalue weighted by Gasteiger charge is 2.08. The minimum atomic E-state index is -0.538. The molecule has 0 radical (unpaired) electrons. The van der Waals surface area contributed by atoms with E-state index >= 15 is 0 Å². The average Bonchev–Trinajstić information content (AvgIpc) is 2.28. The number of aliphatic hydroxyl groups is 1. The molecule has 2 nitrogen and oxygen atoms in total. The number of benzene rings is 1. The smallest absolute Gasteiger partial charge is 0.157 e. The lowest BCUT2D eigenvalue weighted by molar-refractivity contribution is -0.116. The Balaban J connectivity index is 2.30. The maximum absolute atomic E-state index is 11.2. The van der Waals surface area contributed by atoms with Crippen LogP contribution in [0.5, 0.6) is 0 Å². The lowest BCUT2D eigenvalue weighted by atomic mass is 10.0. The highest BCUT2D eigenvalue weighted by molar-refractivity contribution is 5.89. The van der Waals surface area contributed by atoms with Crippen LogP contribution in [0, 0.1) is 0 Å². The van der Waals surface area contributed by atoms with Crippen LogP contribution in [-0.4, -0.2) is 17.0 Å². The number of hydrogen-bond acceptors (Lipinski definition) is 2. The Hall–Kier alpha value is -1.41. The van der Waals surface area contributed by atoms with Crippen LogP contribution in [0.1, 0.15) is 25.3 Å². The van der Waals surface area contributed by atoms with Gasteiger partial charge in [-0.2, -0.15) is 0 Å². The van der Waals surface area contributed by atoms with Crippen molar-refractivity contribution in [3.63, 3.8) is 0 Å². The molecule has 0 spiro atoms. The van der Waals surface area contributed by atoms with Gasteiger partial charge in [-0.1, -0.05) is 36.4 Å². The lowest BCUT2D eigenvalue weighted by Gasteiger charge is -2.08. The van der Waals surface area contributed by atoms with Gasteiger partial charge >= 0.3 is 0 Å². The van der Waals surface area contributed by atoms with Gasteiger partial charge in [-0.25, -0.2) is 0 Å². The fourth-order valence-corrected chi connectivity index (χ4v) is 1.57. The molecule has 0 saturated carbocycles. The quantitative estimate of drug-likeness (QED) is 0.745. The third kappa shape index (κ3) is 4.89. The molecule has 1 atom stereocenters. The van der Waals surface area contributed by atoms with Crippen molar-refractivity contribution >= 4 is 5.78 Å². The highest BCUT2D eigenvalue weighted by atomic mass is 16.3. The molecule has 0 amide bonds. The van der Waals surface area contributed by atoms with Crippen LogP contribution in [0.4, 0.5) is 0 Å². The number of carbonyl (C=O) groups excluding carboxylic acids is 1. The van der Waals surface area contributed by atoms with Gasteiger partial charge in [0.05, 0.1) is 6.10 Å². The zero-order valence-corrected chi connectivity index (χ0v) is 9.60. The number of aliphatic hydroxyl groups excluding tert-OH is 1. The van der Waals surface area contributed by atoms with Crippen LogP contribution in [-0.2, 0) is 11.2 Å². The molecule has 86 valence electrons. The van der Waals surface area contributed by atoms with Crippen LogP contribution in [0.25, 0.3) is 0 Å². The van der Waals surface area contributed by atoms with E-state index in [4.69, 9.17) is 0 Å². The van der Waals surface area contributed by atoms with Crippen LogP contribution >= 0.6 is 0 Å². The third-order valence-electron chi connectivity index (χ3n) is 2.40. The van der Waals surface area contributed by atoms with Gasteiger partial charge in [0.1, 0.15) is 0 Å². The Bertz CT molecular complexity index is 341. The maximum atomic E-state index is 11.2. The Morgan fingerprint density at radius 1 is 1.38 bits per heavy atom. The summed E-state index contributed by atoms with van der Waals surface area (Å²) in [7, 11) is 0. The Labute approximate surface area is 96.6 Å². The minimum absolute atomic E-state index is 0.0111. The van der Waals surface area contributed by atoms with Gasteiger partial charge in [0.2, 0.25) is 0 Å². The SMILES string of the molecule is C/C=C\C(=O)CC(O)CCc1ccccc1. The summed E-state index contributed by atoms with van der Waals surface area (Å²) < 4.78 is 0. The van der Waals surface area contributed by atoms with E-state index in [1.54, 1.807) is 13.0 Å². The molecule has 0 fully saturated rings. The lowest BCUT2D eigenvalue weighted by Crippen LogP contribution is -2.12. The first kappa shape index (κ1) is 12.7. The summed E-state index contributed by atoms with van der Waals surface area (Å²) in [6.45, 7) is 1.80. The summed E-state index contributed by atoms with van der Waals surface area (Å²) in [6.07, 6.45) is 4.33. The molecule has 0 saturated heterocycles. The van der Waals surface area contributed by atoms with Crippen molar-refractivity contribution in [1.82, 2.24) is 0 Å². The van der Waals surface area contributed by atoms with Crippen molar-refractivity contribution in [2.75, 3.05) is 0 Å². The van der Waals surface area contributed by atoms with E-state index in [-0.39, 0.29) is 12.2 Å². The van der Waals surface area contributed by atoms with E-state index in [0.717, 1.165) is 6.42 Å². The predicted molar refractivity (Wildman–Crippen MR) is 65.2 cm³/mol. The first-order valence-electron chi connectivity index (χ1n) is 5.60. The monoisotopic (exact) mass is 218 g/mol. The Morgan fingerprint density at radius 2 is 2.06 bits per heavy atom. The number of aryl methyl sites for hydroxylation is 1. The van der Waals surface area contributed by atoms with E-state index in [2.05, 4.69) is 0 Å². The molecule has 1 aromatic rings. The largest absolute Gasteiger partial charge is 0.393 e. The summed E-state index contributed by atoms with van der Waals surface area (Å²) in [5.41, 5.74) is 1.19. The molecule has 16 heavy (non-hydrogen) atoms. The van der Waals surface area contributed by atoms with Gasteiger partial charge in [0.25, 0.3) is 0 Å². The first-order chi connectivity index (χ1) is 7.72. The summed E-state index contributed by atoms with van der Waals surface area (Å²) >= 11 is 0. The normalized spacial score (nSPS) is 12.9. The molecule has 1 unspecified atom stereocenters.